The van der Waals surface area contributed by atoms with Crippen molar-refractivity contribution >= 4 is 87.2 Å². The molecular weight excluding hydrogens is 1660 g/mol. The molecule has 0 amide bonds. The molecule has 134 heavy (non-hydrogen) atoms. The first-order valence-corrected chi connectivity index (χ1v) is 49.7. The number of hydrogen-bond donors (Lipinski definition) is 0. The molecule has 4 heterocycles. The summed E-state index contributed by atoms with van der Waals surface area (Å²) in [5, 5.41) is 10.7. The molecule has 0 saturated carbocycles. The predicted molar refractivity (Wildman–Crippen MR) is 622 cm³/mol. The van der Waals surface area contributed by atoms with Crippen molar-refractivity contribution in [1.29, 1.82) is 0 Å². The Balaban J connectivity index is -0.000000156. The molecule has 0 saturated heterocycles. The van der Waals surface area contributed by atoms with Gasteiger partial charge < -0.3 is 37.9 Å². The third-order valence-corrected chi connectivity index (χ3v) is 15.8. The van der Waals surface area contributed by atoms with Gasteiger partial charge in [-0.15, -0.1) is 12.1 Å². The molecule has 1 radical (unpaired) electrons. The molecule has 0 atom stereocenters. The summed E-state index contributed by atoms with van der Waals surface area (Å²) in [6, 6.07) is 121. The van der Waals surface area contributed by atoms with E-state index in [4.69, 9.17) is 0 Å². The van der Waals surface area contributed by atoms with Crippen LogP contribution in [-0.2, 0) is 46.7 Å². The molecule has 9 heteroatoms. The van der Waals surface area contributed by atoms with Gasteiger partial charge in [0.05, 0.1) is 0 Å². The second kappa shape index (κ2) is 101. The second-order valence-electron chi connectivity index (χ2n) is 27.3. The Kier molecular flexibility index (Phi) is 109. The van der Waals surface area contributed by atoms with Crippen LogP contribution in [0.25, 0.3) is 98.4 Å². The van der Waals surface area contributed by atoms with Crippen molar-refractivity contribution < 1.29 is 18.6 Å². The van der Waals surface area contributed by atoms with Crippen molar-refractivity contribution in [1.82, 2.24) is 37.9 Å². The Morgan fingerprint density at radius 1 is 0.157 bits per heavy atom. The summed E-state index contributed by atoms with van der Waals surface area (Å²) < 4.78 is 8.96. The topological polar surface area (TPSA) is 32.7 Å². The second-order valence-corrected chi connectivity index (χ2v) is 27.3. The fraction of sp³-hybridized carbons (Fsp3) is 0.376. The van der Waals surface area contributed by atoms with Gasteiger partial charge in [0.1, 0.15) is 0 Å². The van der Waals surface area contributed by atoms with E-state index in [0.717, 1.165) is 11.1 Å². The molecule has 0 fully saturated rings. The van der Waals surface area contributed by atoms with Crippen LogP contribution >= 0.6 is 0 Å². The van der Waals surface area contributed by atoms with E-state index in [1.807, 2.05) is 401 Å². The smallest absolute Gasteiger partial charge is 0.344 e. The molecule has 0 bridgehead atoms. The van der Waals surface area contributed by atoms with E-state index in [-0.39, 0.29) is 18.6 Å². The molecular formula is C125H196N8V. The summed E-state index contributed by atoms with van der Waals surface area (Å²) in [6.45, 7) is 62.3. The molecule has 4 aromatic heterocycles. The summed E-state index contributed by atoms with van der Waals surface area (Å²) in [7, 11) is 32.5. The van der Waals surface area contributed by atoms with Crippen molar-refractivity contribution in [3.63, 3.8) is 0 Å². The maximum atomic E-state index is 3.15. The number of benzene rings is 13. The maximum Gasteiger partial charge on any atom is 2.00 e. The fourth-order valence-electron chi connectivity index (χ4n) is 11.2. The summed E-state index contributed by atoms with van der Waals surface area (Å²) in [4.78, 5) is 8.00. The molecule has 0 aliphatic heterocycles. The summed E-state index contributed by atoms with van der Waals surface area (Å²) in [5.74, 6) is 0. The number of hydrogen-bond acceptors (Lipinski definition) is 4. The number of para-hydroxylation sites is 8. The van der Waals surface area contributed by atoms with Gasteiger partial charge in [-0.3, -0.25) is 0 Å². The first kappa shape index (κ1) is 144. The van der Waals surface area contributed by atoms with E-state index < -0.39 is 0 Å². The Morgan fingerprint density at radius 2 is 0.261 bits per heavy atom. The molecule has 0 spiro atoms. The quantitative estimate of drug-likeness (QED) is 0.153. The molecule has 0 aliphatic rings. The van der Waals surface area contributed by atoms with Crippen molar-refractivity contribution in [2.45, 2.75) is 215 Å². The van der Waals surface area contributed by atoms with Gasteiger partial charge in [0.2, 0.25) is 0 Å². The van der Waals surface area contributed by atoms with Crippen LogP contribution in [0, 0.1) is 32.9 Å². The molecule has 13 aromatic carbocycles. The molecule has 17 rings (SSSR count). The van der Waals surface area contributed by atoms with E-state index in [1.165, 1.54) is 104 Å². The van der Waals surface area contributed by atoms with Gasteiger partial charge in [-0.05, 0) is 154 Å². The van der Waals surface area contributed by atoms with Gasteiger partial charge >= 0.3 is 18.6 Å². The van der Waals surface area contributed by atoms with Gasteiger partial charge in [0, 0.05) is 115 Å². The van der Waals surface area contributed by atoms with Crippen LogP contribution in [0.3, 0.4) is 0 Å². The van der Waals surface area contributed by atoms with E-state index in [2.05, 4.69) is 310 Å². The Labute approximate surface area is 838 Å². The third kappa shape index (κ3) is 61.4. The molecule has 0 unspecified atom stereocenters. The number of fused-ring (bicyclic) bond motifs is 12. The van der Waals surface area contributed by atoms with Crippen molar-refractivity contribution in [2.75, 3.05) is 84.6 Å². The van der Waals surface area contributed by atoms with Crippen LogP contribution in [-0.4, -0.2) is 122 Å². The van der Waals surface area contributed by atoms with E-state index in [0.29, 0.717) is 0 Å². The summed E-state index contributed by atoms with van der Waals surface area (Å²) >= 11 is 0. The third-order valence-electron chi connectivity index (χ3n) is 15.8. The first-order chi connectivity index (χ1) is 64.6. The number of aromatic nitrogens is 4. The van der Waals surface area contributed by atoms with Gasteiger partial charge in [0.15, 0.2) is 0 Å². The van der Waals surface area contributed by atoms with Gasteiger partial charge in [-0.25, -0.2) is 11.1 Å². The maximum absolute atomic E-state index is 3.15. The standard InChI is InChI=1S/4C13H11N.C12H8.3C7H8.4C3H9N.14C2H6.V/c4*1-14-12-8-4-2-6-10(12)11-7-3-5-9-13(11)14;1-3-7-11(8-4-1)12-9-5-2-6-10-12;3*1-7-5-3-2-4-6-7;4*1-4(2)3;14*1-2;/h4*2-9H,1H3;1-7,9H;3*2-6H,1H3;4*1-3H3;14*1-2H3;/q;;;;-2;;;;;;;;;;;;;;;;;;;;;;+2. The van der Waals surface area contributed by atoms with Crippen molar-refractivity contribution in [2.24, 2.45) is 28.2 Å². The molecule has 17 aromatic rings. The summed E-state index contributed by atoms with van der Waals surface area (Å²) in [5.41, 5.74) is 16.6. The largest absolute Gasteiger partial charge is 2.00 e. The average molecular weight is 1860 g/mol. The molecule has 8 nitrogen and oxygen atoms in total. The fourth-order valence-corrected chi connectivity index (χ4v) is 11.2. The molecule has 741 valence electrons. The monoisotopic (exact) mass is 1860 g/mol. The number of rotatable bonds is 1. The van der Waals surface area contributed by atoms with Crippen molar-refractivity contribution in [3.05, 3.63) is 362 Å². The van der Waals surface area contributed by atoms with E-state index >= 15 is 0 Å². The minimum atomic E-state index is 0. The SMILES string of the molecule is CC.CC.CC.CC.CC.CC.CC.CC.CC.CC.CC.CC.CC.CC.CN(C)C.CN(C)C.CN(C)C.CN(C)C.Cc1ccccc1.Cc1ccccc1.Cc1ccccc1.Cn1c2ccccc2c2ccccc21.Cn1c2ccccc2c2ccccc21.Cn1c2ccccc2c2ccccc21.Cn1c2ccccc2c2ccccc21.[V+2].[c-]1ccccc1-c1[c-]cccc1. The Hall–Kier alpha value is -10.5. The zero-order valence-corrected chi connectivity index (χ0v) is 95.7. The van der Waals surface area contributed by atoms with Crippen LogP contribution in [0.4, 0.5) is 0 Å². The van der Waals surface area contributed by atoms with E-state index in [9.17, 15) is 0 Å². The molecule has 0 aliphatic carbocycles. The Morgan fingerprint density at radius 3 is 0.358 bits per heavy atom. The average Bonchev–Trinajstić information content (AvgIpc) is 1.65. The zero-order valence-electron chi connectivity index (χ0n) is 94.3. The van der Waals surface area contributed by atoms with Gasteiger partial charge in [-0.2, -0.15) is 48.5 Å². The van der Waals surface area contributed by atoms with Gasteiger partial charge in [0.25, 0.3) is 0 Å². The van der Waals surface area contributed by atoms with E-state index in [1.54, 1.807) is 0 Å². The van der Waals surface area contributed by atoms with Gasteiger partial charge in [-0.1, -0.05) is 447 Å². The minimum absolute atomic E-state index is 0. The summed E-state index contributed by atoms with van der Waals surface area (Å²) in [6.07, 6.45) is 0. The normalized spacial score (nSPS) is 8.62. The van der Waals surface area contributed by atoms with Crippen LogP contribution in [0.2, 0.25) is 0 Å². The Bertz CT molecular complexity index is 4390. The number of aryl methyl sites for hydroxylation is 7. The predicted octanol–water partition coefficient (Wildman–Crippen LogP) is 37.3. The van der Waals surface area contributed by atoms with Crippen LogP contribution in [0.5, 0.6) is 0 Å². The van der Waals surface area contributed by atoms with Crippen LogP contribution in [0.15, 0.2) is 334 Å². The molecule has 0 N–H and O–H groups in total. The van der Waals surface area contributed by atoms with Crippen LogP contribution in [0.1, 0.15) is 211 Å². The first-order valence-electron chi connectivity index (χ1n) is 49.7. The zero-order chi connectivity index (χ0) is 104. The minimum Gasteiger partial charge on any atom is -0.344 e. The van der Waals surface area contributed by atoms with Crippen molar-refractivity contribution in [3.8, 4) is 11.1 Å². The van der Waals surface area contributed by atoms with Crippen LogP contribution < -0.4 is 0 Å². The number of nitrogens with zero attached hydrogens (tertiary/aromatic N) is 8.